The molecule has 128 valence electrons. The molecule has 0 amide bonds. The number of nitrogens with zero attached hydrogens (tertiary/aromatic N) is 1. The molecule has 0 atom stereocenters. The van der Waals surface area contributed by atoms with Gasteiger partial charge in [-0.2, -0.15) is 0 Å². The molecule has 6 nitrogen and oxygen atoms in total. The fraction of sp³-hybridized carbons (Fsp3) is 0.500. The minimum atomic E-state index is -3.60. The quantitative estimate of drug-likeness (QED) is 0.287. The van der Waals surface area contributed by atoms with Crippen LogP contribution < -0.4 is 4.72 Å². The van der Waals surface area contributed by atoms with Gasteiger partial charge in [-0.25, -0.2) is 13.1 Å². The van der Waals surface area contributed by atoms with E-state index in [1.165, 1.54) is 43.5 Å². The van der Waals surface area contributed by atoms with Gasteiger partial charge >= 0.3 is 0 Å². The highest BCUT2D eigenvalue weighted by atomic mass is 32.2. The SMILES string of the molecule is CCCCC/C=C/CCCNS(=O)(=O)c1ccc([N+](=O)[O-])cc1. The number of rotatable bonds is 11. The summed E-state index contributed by atoms with van der Waals surface area (Å²) in [5.74, 6) is 0. The molecule has 0 unspecified atom stereocenters. The molecule has 0 bridgehead atoms. The Morgan fingerprint density at radius 3 is 2.26 bits per heavy atom. The zero-order chi connectivity index (χ0) is 17.1. The van der Waals surface area contributed by atoms with E-state index in [2.05, 4.69) is 23.8 Å². The van der Waals surface area contributed by atoms with E-state index in [0.717, 1.165) is 19.3 Å². The highest BCUT2D eigenvalue weighted by Crippen LogP contribution is 2.15. The molecule has 1 N–H and O–H groups in total. The van der Waals surface area contributed by atoms with Crippen LogP contribution >= 0.6 is 0 Å². The molecule has 0 saturated heterocycles. The highest BCUT2D eigenvalue weighted by Gasteiger charge is 2.14. The van der Waals surface area contributed by atoms with Crippen molar-refractivity contribution < 1.29 is 13.3 Å². The van der Waals surface area contributed by atoms with Gasteiger partial charge in [-0.15, -0.1) is 0 Å². The molecule has 1 aromatic carbocycles. The number of nitrogens with one attached hydrogen (secondary N) is 1. The topological polar surface area (TPSA) is 89.3 Å². The highest BCUT2D eigenvalue weighted by molar-refractivity contribution is 7.89. The number of hydrogen-bond acceptors (Lipinski definition) is 4. The van der Waals surface area contributed by atoms with Gasteiger partial charge < -0.3 is 0 Å². The Hall–Kier alpha value is -1.73. The smallest absolute Gasteiger partial charge is 0.258 e. The normalized spacial score (nSPS) is 11.9. The third-order valence-corrected chi connectivity index (χ3v) is 4.82. The van der Waals surface area contributed by atoms with Crippen molar-refractivity contribution in [3.63, 3.8) is 0 Å². The van der Waals surface area contributed by atoms with E-state index in [1.54, 1.807) is 0 Å². The Bertz CT molecular complexity index is 609. The lowest BCUT2D eigenvalue weighted by molar-refractivity contribution is -0.384. The molecule has 0 aliphatic heterocycles. The van der Waals surface area contributed by atoms with E-state index in [-0.39, 0.29) is 10.6 Å². The molecular weight excluding hydrogens is 316 g/mol. The van der Waals surface area contributed by atoms with E-state index >= 15 is 0 Å². The van der Waals surface area contributed by atoms with Gasteiger partial charge in [0.05, 0.1) is 9.82 Å². The van der Waals surface area contributed by atoms with Crippen LogP contribution in [0.2, 0.25) is 0 Å². The minimum absolute atomic E-state index is 0.0400. The van der Waals surface area contributed by atoms with E-state index in [1.807, 2.05) is 0 Å². The summed E-state index contributed by atoms with van der Waals surface area (Å²) in [7, 11) is -3.60. The van der Waals surface area contributed by atoms with Gasteiger partial charge in [0, 0.05) is 18.7 Å². The van der Waals surface area contributed by atoms with Crippen LogP contribution in [0.5, 0.6) is 0 Å². The number of nitro groups is 1. The molecule has 1 aromatic rings. The predicted molar refractivity (Wildman–Crippen MR) is 90.8 cm³/mol. The second kappa shape index (κ2) is 10.1. The second-order valence-electron chi connectivity index (χ2n) is 5.26. The predicted octanol–water partition coefficient (Wildman–Crippen LogP) is 3.79. The number of non-ortho nitro benzene ring substituents is 1. The van der Waals surface area contributed by atoms with Crippen molar-refractivity contribution in [2.24, 2.45) is 0 Å². The fourth-order valence-electron chi connectivity index (χ4n) is 2.00. The lowest BCUT2D eigenvalue weighted by atomic mass is 10.2. The number of hydrogen-bond donors (Lipinski definition) is 1. The van der Waals surface area contributed by atoms with Gasteiger partial charge in [-0.1, -0.05) is 31.9 Å². The van der Waals surface area contributed by atoms with E-state index in [9.17, 15) is 18.5 Å². The van der Waals surface area contributed by atoms with Crippen LogP contribution in [0.15, 0.2) is 41.3 Å². The Morgan fingerprint density at radius 2 is 1.70 bits per heavy atom. The van der Waals surface area contributed by atoms with Crippen molar-refractivity contribution in [1.29, 1.82) is 0 Å². The first-order valence-electron chi connectivity index (χ1n) is 7.86. The summed E-state index contributed by atoms with van der Waals surface area (Å²) in [6, 6.07) is 4.86. The Kier molecular flexibility index (Phi) is 8.50. The van der Waals surface area contributed by atoms with Crippen LogP contribution in [-0.2, 0) is 10.0 Å². The maximum atomic E-state index is 12.0. The van der Waals surface area contributed by atoms with Crippen LogP contribution in [0, 0.1) is 10.1 Å². The molecule has 0 heterocycles. The maximum Gasteiger partial charge on any atom is 0.269 e. The van der Waals surface area contributed by atoms with Gasteiger partial charge in [0.2, 0.25) is 10.0 Å². The van der Waals surface area contributed by atoms with E-state index in [0.29, 0.717) is 6.54 Å². The molecule has 23 heavy (non-hydrogen) atoms. The lowest BCUT2D eigenvalue weighted by Gasteiger charge is -2.05. The molecule has 7 heteroatoms. The van der Waals surface area contributed by atoms with Gasteiger partial charge in [-0.3, -0.25) is 10.1 Å². The summed E-state index contributed by atoms with van der Waals surface area (Å²) in [6.07, 6.45) is 10.5. The van der Waals surface area contributed by atoms with Crippen molar-refractivity contribution in [2.45, 2.75) is 50.3 Å². The number of sulfonamides is 1. The Labute approximate surface area is 137 Å². The molecular formula is C16H24N2O4S. The summed E-state index contributed by atoms with van der Waals surface area (Å²) in [6.45, 7) is 2.51. The molecule has 1 rings (SSSR count). The second-order valence-corrected chi connectivity index (χ2v) is 7.03. The molecule has 0 spiro atoms. The first-order chi connectivity index (χ1) is 11.0. The molecule has 0 aromatic heterocycles. The summed E-state index contributed by atoms with van der Waals surface area (Å²) in [5.41, 5.74) is -0.128. The Balaban J connectivity index is 2.34. The van der Waals surface area contributed by atoms with Gasteiger partial charge in [-0.05, 0) is 37.8 Å². The minimum Gasteiger partial charge on any atom is -0.258 e. The average molecular weight is 340 g/mol. The molecule has 0 saturated carbocycles. The number of allylic oxidation sites excluding steroid dienone is 2. The average Bonchev–Trinajstić information content (AvgIpc) is 2.53. The van der Waals surface area contributed by atoms with Crippen LogP contribution in [0.3, 0.4) is 0 Å². The van der Waals surface area contributed by atoms with Gasteiger partial charge in [0.25, 0.3) is 5.69 Å². The third kappa shape index (κ3) is 7.38. The zero-order valence-corrected chi connectivity index (χ0v) is 14.2. The molecule has 0 fully saturated rings. The standard InChI is InChI=1S/C16H24N2O4S/c1-2-3-4-5-6-7-8-9-14-17-23(21,22)16-12-10-15(11-13-16)18(19)20/h6-7,10-13,17H,2-5,8-9,14H2,1H3/b7-6+. The number of nitro benzene ring substituents is 1. The van der Waals surface area contributed by atoms with Crippen molar-refractivity contribution >= 4 is 15.7 Å². The van der Waals surface area contributed by atoms with E-state index in [4.69, 9.17) is 0 Å². The van der Waals surface area contributed by atoms with Crippen molar-refractivity contribution in [2.75, 3.05) is 6.54 Å². The largest absolute Gasteiger partial charge is 0.269 e. The first-order valence-corrected chi connectivity index (χ1v) is 9.35. The van der Waals surface area contributed by atoms with Crippen molar-refractivity contribution in [3.05, 3.63) is 46.5 Å². The fourth-order valence-corrected chi connectivity index (χ4v) is 3.08. The van der Waals surface area contributed by atoms with Crippen LogP contribution in [0.4, 0.5) is 5.69 Å². The van der Waals surface area contributed by atoms with Crippen LogP contribution in [-0.4, -0.2) is 19.9 Å². The number of unbranched alkanes of at least 4 members (excludes halogenated alkanes) is 4. The summed E-state index contributed by atoms with van der Waals surface area (Å²) < 4.78 is 26.5. The van der Waals surface area contributed by atoms with Crippen molar-refractivity contribution in [1.82, 2.24) is 4.72 Å². The number of benzene rings is 1. The maximum absolute atomic E-state index is 12.0. The monoisotopic (exact) mass is 340 g/mol. The third-order valence-electron chi connectivity index (χ3n) is 3.34. The van der Waals surface area contributed by atoms with Crippen LogP contribution in [0.1, 0.15) is 45.4 Å². The van der Waals surface area contributed by atoms with E-state index < -0.39 is 14.9 Å². The summed E-state index contributed by atoms with van der Waals surface area (Å²) in [4.78, 5) is 10.0. The summed E-state index contributed by atoms with van der Waals surface area (Å²) >= 11 is 0. The molecule has 0 radical (unpaired) electrons. The van der Waals surface area contributed by atoms with Gasteiger partial charge in [0.15, 0.2) is 0 Å². The van der Waals surface area contributed by atoms with Gasteiger partial charge in [0.1, 0.15) is 0 Å². The lowest BCUT2D eigenvalue weighted by Crippen LogP contribution is -2.24. The zero-order valence-electron chi connectivity index (χ0n) is 13.4. The van der Waals surface area contributed by atoms with Crippen molar-refractivity contribution in [3.8, 4) is 0 Å². The first kappa shape index (κ1) is 19.3. The Morgan fingerprint density at radius 1 is 1.09 bits per heavy atom. The summed E-state index contributed by atoms with van der Waals surface area (Å²) in [5, 5.41) is 10.6. The molecule has 0 aliphatic rings. The molecule has 0 aliphatic carbocycles. The van der Waals surface area contributed by atoms with Crippen LogP contribution in [0.25, 0.3) is 0 Å².